The summed E-state index contributed by atoms with van der Waals surface area (Å²) >= 11 is 3.44. The first-order chi connectivity index (χ1) is 12.9. The monoisotopic (exact) mass is 438 g/mol. The van der Waals surface area contributed by atoms with E-state index >= 15 is 0 Å². The minimum atomic E-state index is -1.19. The van der Waals surface area contributed by atoms with Gasteiger partial charge in [0.1, 0.15) is 5.75 Å². The number of fused-ring (bicyclic) bond motifs is 1. The summed E-state index contributed by atoms with van der Waals surface area (Å²) in [6, 6.07) is 5.26. The molecule has 1 saturated carbocycles. The molecule has 1 aliphatic carbocycles. The molecule has 0 N–H and O–H groups in total. The van der Waals surface area contributed by atoms with Crippen molar-refractivity contribution in [1.29, 1.82) is 0 Å². The lowest BCUT2D eigenvalue weighted by Gasteiger charge is -2.45. The molecule has 1 heterocycles. The Balaban J connectivity index is 2.21. The first-order valence-electron chi connectivity index (χ1n) is 9.21. The molecule has 1 fully saturated rings. The van der Waals surface area contributed by atoms with Gasteiger partial charge in [-0.1, -0.05) is 35.2 Å². The highest BCUT2D eigenvalue weighted by Crippen LogP contribution is 2.55. The fourth-order valence-electron chi connectivity index (χ4n) is 4.45. The predicted octanol–water partition coefficient (Wildman–Crippen LogP) is 3.75. The summed E-state index contributed by atoms with van der Waals surface area (Å²) in [7, 11) is 1.35. The lowest BCUT2D eigenvalue weighted by Crippen LogP contribution is -2.50. The SMILES string of the molecule is CCOC(=O)[C@@H]1C(=O)Oc2ccc(Br)cc2[C@@H]1C1(C(=O)OC)CCCCC1. The molecule has 3 rings (SSSR count). The van der Waals surface area contributed by atoms with Gasteiger partial charge in [-0.3, -0.25) is 14.4 Å². The fraction of sp³-hybridized carbons (Fsp3) is 0.550. The zero-order valence-corrected chi connectivity index (χ0v) is 17.0. The van der Waals surface area contributed by atoms with Gasteiger partial charge in [-0.2, -0.15) is 0 Å². The normalized spacial score (nSPS) is 23.7. The Morgan fingerprint density at radius 3 is 2.59 bits per heavy atom. The highest BCUT2D eigenvalue weighted by atomic mass is 79.9. The molecule has 1 aromatic rings. The number of carbonyl (C=O) groups excluding carboxylic acids is 3. The number of hydrogen-bond acceptors (Lipinski definition) is 6. The van der Waals surface area contributed by atoms with Crippen molar-refractivity contribution in [2.24, 2.45) is 11.3 Å². The smallest absolute Gasteiger partial charge is 0.326 e. The second-order valence-corrected chi connectivity index (χ2v) is 7.93. The van der Waals surface area contributed by atoms with Gasteiger partial charge in [0.05, 0.1) is 19.1 Å². The van der Waals surface area contributed by atoms with Gasteiger partial charge in [0.25, 0.3) is 0 Å². The van der Waals surface area contributed by atoms with Crippen LogP contribution in [0, 0.1) is 11.3 Å². The Kier molecular flexibility index (Phi) is 5.89. The van der Waals surface area contributed by atoms with Gasteiger partial charge in [0.2, 0.25) is 0 Å². The van der Waals surface area contributed by atoms with E-state index in [1.165, 1.54) is 7.11 Å². The molecule has 0 spiro atoms. The molecular formula is C20H23BrO6. The fourth-order valence-corrected chi connectivity index (χ4v) is 4.83. The van der Waals surface area contributed by atoms with E-state index in [4.69, 9.17) is 14.2 Å². The van der Waals surface area contributed by atoms with E-state index < -0.39 is 29.2 Å². The van der Waals surface area contributed by atoms with Crippen molar-refractivity contribution in [2.75, 3.05) is 13.7 Å². The highest BCUT2D eigenvalue weighted by Gasteiger charge is 2.58. The number of carbonyl (C=O) groups is 3. The van der Waals surface area contributed by atoms with Gasteiger partial charge in [-0.05, 0) is 38.0 Å². The van der Waals surface area contributed by atoms with Gasteiger partial charge in [0.15, 0.2) is 5.92 Å². The molecule has 1 aromatic carbocycles. The zero-order valence-electron chi connectivity index (χ0n) is 15.5. The van der Waals surface area contributed by atoms with Crippen molar-refractivity contribution in [3.63, 3.8) is 0 Å². The Labute approximate surface area is 166 Å². The van der Waals surface area contributed by atoms with Crippen LogP contribution < -0.4 is 4.74 Å². The van der Waals surface area contributed by atoms with Gasteiger partial charge in [0, 0.05) is 16.0 Å². The van der Waals surface area contributed by atoms with Crippen LogP contribution in [-0.4, -0.2) is 31.6 Å². The van der Waals surface area contributed by atoms with Gasteiger partial charge < -0.3 is 14.2 Å². The second kappa shape index (κ2) is 8.00. The largest absolute Gasteiger partial charge is 0.469 e. The number of esters is 3. The number of hydrogen-bond donors (Lipinski definition) is 0. The van der Waals surface area contributed by atoms with Crippen LogP contribution in [0.15, 0.2) is 22.7 Å². The third-order valence-electron chi connectivity index (χ3n) is 5.58. The van der Waals surface area contributed by atoms with Crippen LogP contribution in [0.3, 0.4) is 0 Å². The lowest BCUT2D eigenvalue weighted by atomic mass is 9.59. The first-order valence-corrected chi connectivity index (χ1v) is 10.00. The predicted molar refractivity (Wildman–Crippen MR) is 100 cm³/mol. The summed E-state index contributed by atoms with van der Waals surface area (Å²) in [5.41, 5.74) is -0.298. The number of benzene rings is 1. The molecule has 0 saturated heterocycles. The van der Waals surface area contributed by atoms with E-state index in [1.54, 1.807) is 19.1 Å². The van der Waals surface area contributed by atoms with E-state index in [2.05, 4.69) is 15.9 Å². The average Bonchev–Trinajstić information content (AvgIpc) is 2.67. The molecule has 7 heteroatoms. The third-order valence-corrected chi connectivity index (χ3v) is 6.07. The molecule has 146 valence electrons. The third kappa shape index (κ3) is 3.49. The van der Waals surface area contributed by atoms with E-state index in [0.717, 1.165) is 23.7 Å². The molecule has 0 aromatic heterocycles. The van der Waals surface area contributed by atoms with Crippen LogP contribution in [0.2, 0.25) is 0 Å². The van der Waals surface area contributed by atoms with Crippen molar-refractivity contribution >= 4 is 33.8 Å². The average molecular weight is 439 g/mol. The second-order valence-electron chi connectivity index (χ2n) is 7.02. The molecule has 0 bridgehead atoms. The van der Waals surface area contributed by atoms with Crippen LogP contribution in [0.25, 0.3) is 0 Å². The standard InChI is InChI=1S/C20H23BrO6/c1-3-26-17(22)15-16(20(19(24)25-2)9-5-4-6-10-20)13-11-12(21)7-8-14(13)27-18(15)23/h7-8,11,15-16H,3-6,9-10H2,1-2H3/t15-,16+/m1/s1. The molecule has 2 aliphatic rings. The van der Waals surface area contributed by atoms with E-state index in [9.17, 15) is 14.4 Å². The quantitative estimate of drug-likeness (QED) is 0.404. The van der Waals surface area contributed by atoms with Crippen molar-refractivity contribution in [3.8, 4) is 5.75 Å². The van der Waals surface area contributed by atoms with E-state index in [1.807, 2.05) is 6.07 Å². The van der Waals surface area contributed by atoms with Crippen molar-refractivity contribution in [1.82, 2.24) is 0 Å². The minimum Gasteiger partial charge on any atom is -0.469 e. The Bertz CT molecular complexity index is 753. The van der Waals surface area contributed by atoms with Crippen molar-refractivity contribution in [3.05, 3.63) is 28.2 Å². The molecule has 1 aliphatic heterocycles. The minimum absolute atomic E-state index is 0.145. The molecule has 2 atom stereocenters. The van der Waals surface area contributed by atoms with Crippen LogP contribution >= 0.6 is 15.9 Å². The maximum absolute atomic E-state index is 13.0. The summed E-state index contributed by atoms with van der Waals surface area (Å²) in [5.74, 6) is -3.22. The maximum Gasteiger partial charge on any atom is 0.326 e. The van der Waals surface area contributed by atoms with E-state index in [-0.39, 0.29) is 12.6 Å². The van der Waals surface area contributed by atoms with Crippen molar-refractivity contribution in [2.45, 2.75) is 44.9 Å². The summed E-state index contributed by atoms with van der Waals surface area (Å²) < 4.78 is 16.5. The topological polar surface area (TPSA) is 78.9 Å². The molecule has 0 amide bonds. The highest BCUT2D eigenvalue weighted by molar-refractivity contribution is 9.10. The van der Waals surface area contributed by atoms with Crippen LogP contribution in [-0.2, 0) is 23.9 Å². The number of ether oxygens (including phenoxy) is 3. The number of halogens is 1. The van der Waals surface area contributed by atoms with Gasteiger partial charge in [-0.25, -0.2) is 0 Å². The van der Waals surface area contributed by atoms with Gasteiger partial charge >= 0.3 is 17.9 Å². The summed E-state index contributed by atoms with van der Waals surface area (Å²) in [6.07, 6.45) is 3.78. The molecule has 6 nitrogen and oxygen atoms in total. The summed E-state index contributed by atoms with van der Waals surface area (Å²) in [4.78, 5) is 38.5. The Hall–Kier alpha value is -1.89. The molecule has 27 heavy (non-hydrogen) atoms. The lowest BCUT2D eigenvalue weighted by molar-refractivity contribution is -0.168. The zero-order chi connectivity index (χ0) is 19.6. The maximum atomic E-state index is 13.0. The number of rotatable bonds is 4. The van der Waals surface area contributed by atoms with E-state index in [0.29, 0.717) is 24.2 Å². The summed E-state index contributed by atoms with van der Waals surface area (Å²) in [5, 5.41) is 0. The first kappa shape index (κ1) is 19.9. The Morgan fingerprint density at radius 2 is 1.96 bits per heavy atom. The summed E-state index contributed by atoms with van der Waals surface area (Å²) in [6.45, 7) is 1.83. The van der Waals surface area contributed by atoms with Crippen LogP contribution in [0.5, 0.6) is 5.75 Å². The van der Waals surface area contributed by atoms with Crippen LogP contribution in [0.1, 0.15) is 50.5 Å². The van der Waals surface area contributed by atoms with Crippen molar-refractivity contribution < 1.29 is 28.6 Å². The van der Waals surface area contributed by atoms with Crippen LogP contribution in [0.4, 0.5) is 0 Å². The molecule has 0 radical (unpaired) electrons. The molecular weight excluding hydrogens is 416 g/mol. The van der Waals surface area contributed by atoms with Gasteiger partial charge in [-0.15, -0.1) is 0 Å². The Morgan fingerprint density at radius 1 is 1.26 bits per heavy atom. The number of methoxy groups -OCH3 is 1. The molecule has 0 unspecified atom stereocenters.